The summed E-state index contributed by atoms with van der Waals surface area (Å²) in [5.41, 5.74) is 1.02. The number of rotatable bonds is 3. The van der Waals surface area contributed by atoms with Gasteiger partial charge in [-0.2, -0.15) is 8.42 Å². The second-order valence-corrected chi connectivity index (χ2v) is 8.39. The fourth-order valence-electron chi connectivity index (χ4n) is 3.45. The Morgan fingerprint density at radius 3 is 1.86 bits per heavy atom. The van der Waals surface area contributed by atoms with E-state index in [1.807, 2.05) is 19.1 Å². The Hall–Kier alpha value is -0.910. The lowest BCUT2D eigenvalue weighted by molar-refractivity contribution is -0.0628. The summed E-state index contributed by atoms with van der Waals surface area (Å²) < 4.78 is 30.6. The molecule has 0 unspecified atom stereocenters. The van der Waals surface area contributed by atoms with E-state index in [9.17, 15) is 8.42 Å². The third-order valence-corrected chi connectivity index (χ3v) is 6.57. The highest BCUT2D eigenvalue weighted by Crippen LogP contribution is 2.54. The zero-order chi connectivity index (χ0) is 16.4. The zero-order valence-electron chi connectivity index (χ0n) is 13.6. The molecule has 0 saturated heterocycles. The van der Waals surface area contributed by atoms with Crippen molar-refractivity contribution >= 4 is 10.1 Å². The van der Waals surface area contributed by atoms with Gasteiger partial charge in [-0.3, -0.25) is 4.18 Å². The van der Waals surface area contributed by atoms with E-state index in [1.165, 1.54) is 0 Å². The monoisotopic (exact) mass is 326 g/mol. The van der Waals surface area contributed by atoms with Crippen LogP contribution in [0.25, 0.3) is 0 Å². The summed E-state index contributed by atoms with van der Waals surface area (Å²) in [5, 5.41) is 7.00. The first-order chi connectivity index (χ1) is 10.3. The molecule has 3 aliphatic carbocycles. The van der Waals surface area contributed by atoms with Crippen molar-refractivity contribution in [3.63, 3.8) is 0 Å². The van der Waals surface area contributed by atoms with Crippen molar-refractivity contribution in [1.29, 1.82) is 0 Å². The van der Waals surface area contributed by atoms with Gasteiger partial charge < -0.3 is 5.11 Å². The Morgan fingerprint density at radius 1 is 0.955 bits per heavy atom. The number of hydrogen-bond acceptors (Lipinski definition) is 4. The zero-order valence-corrected chi connectivity index (χ0v) is 14.4. The lowest BCUT2D eigenvalue weighted by atomic mass is 9.60. The van der Waals surface area contributed by atoms with Crippen LogP contribution in [0.3, 0.4) is 0 Å². The van der Waals surface area contributed by atoms with Crippen molar-refractivity contribution in [3.8, 4) is 0 Å². The average Bonchev–Trinajstić information content (AvgIpc) is 2.51. The molecule has 124 valence electrons. The van der Waals surface area contributed by atoms with E-state index < -0.39 is 15.7 Å². The van der Waals surface area contributed by atoms with Crippen LogP contribution < -0.4 is 0 Å². The number of aliphatic hydroxyl groups is 1. The highest BCUT2D eigenvalue weighted by Gasteiger charge is 2.49. The van der Waals surface area contributed by atoms with Crippen LogP contribution in [-0.2, 0) is 14.3 Å². The first-order valence-electron chi connectivity index (χ1n) is 7.80. The molecule has 4 nitrogen and oxygen atoms in total. The molecule has 0 amide bonds. The fourth-order valence-corrected chi connectivity index (χ4v) is 4.73. The topological polar surface area (TPSA) is 63.6 Å². The van der Waals surface area contributed by atoms with E-state index in [0.29, 0.717) is 5.41 Å². The van der Waals surface area contributed by atoms with Crippen molar-refractivity contribution in [2.75, 3.05) is 7.11 Å². The summed E-state index contributed by atoms with van der Waals surface area (Å²) in [6.07, 6.45) is 5.85. The van der Waals surface area contributed by atoms with Crippen LogP contribution in [-0.4, -0.2) is 26.2 Å². The lowest BCUT2D eigenvalue weighted by Gasteiger charge is -2.50. The standard InChI is InChI=1S/C16H22O3S.CH4O/c1-13-3-5-14(6-4-13)20(17,18)19-16-10-7-15(2,8-11-16)9-12-16;1-2/h3-6H,7-12H2,1-2H3;2H,1H3. The summed E-state index contributed by atoms with van der Waals surface area (Å²) >= 11 is 0. The summed E-state index contributed by atoms with van der Waals surface area (Å²) in [7, 11) is -2.64. The van der Waals surface area contributed by atoms with Crippen LogP contribution >= 0.6 is 0 Å². The maximum Gasteiger partial charge on any atom is 0.297 e. The molecule has 0 aromatic heterocycles. The van der Waals surface area contributed by atoms with Crippen LogP contribution in [0.2, 0.25) is 0 Å². The average molecular weight is 326 g/mol. The van der Waals surface area contributed by atoms with E-state index in [0.717, 1.165) is 51.2 Å². The minimum atomic E-state index is -3.64. The molecule has 4 rings (SSSR count). The van der Waals surface area contributed by atoms with Gasteiger partial charge in [-0.15, -0.1) is 0 Å². The van der Waals surface area contributed by atoms with E-state index in [1.54, 1.807) is 12.1 Å². The second kappa shape index (κ2) is 6.30. The number of fused-ring (bicyclic) bond motifs is 3. The number of aliphatic hydroxyl groups excluding tert-OH is 1. The van der Waals surface area contributed by atoms with E-state index >= 15 is 0 Å². The van der Waals surface area contributed by atoms with Crippen LogP contribution in [0.4, 0.5) is 0 Å². The van der Waals surface area contributed by atoms with Crippen LogP contribution in [0, 0.1) is 12.3 Å². The molecule has 2 bridgehead atoms. The van der Waals surface area contributed by atoms with Gasteiger partial charge in [0.1, 0.15) is 0 Å². The van der Waals surface area contributed by atoms with Gasteiger partial charge in [0.15, 0.2) is 0 Å². The molecule has 5 heteroatoms. The highest BCUT2D eigenvalue weighted by molar-refractivity contribution is 7.86. The van der Waals surface area contributed by atoms with Gasteiger partial charge in [0.05, 0.1) is 10.5 Å². The predicted octanol–water partition coefficient (Wildman–Crippen LogP) is 3.42. The molecular weight excluding hydrogens is 300 g/mol. The van der Waals surface area contributed by atoms with E-state index in [2.05, 4.69) is 6.92 Å². The van der Waals surface area contributed by atoms with Crippen LogP contribution in [0.15, 0.2) is 29.2 Å². The molecule has 1 aromatic rings. The van der Waals surface area contributed by atoms with Gasteiger partial charge in [-0.25, -0.2) is 0 Å². The number of benzene rings is 1. The normalized spacial score (nSPS) is 30.5. The molecule has 0 atom stereocenters. The van der Waals surface area contributed by atoms with E-state index in [-0.39, 0.29) is 4.90 Å². The van der Waals surface area contributed by atoms with Crippen LogP contribution in [0.5, 0.6) is 0 Å². The maximum atomic E-state index is 12.5. The maximum absolute atomic E-state index is 12.5. The molecule has 3 saturated carbocycles. The van der Waals surface area contributed by atoms with Crippen molar-refractivity contribution in [1.82, 2.24) is 0 Å². The van der Waals surface area contributed by atoms with Gasteiger partial charge in [0.2, 0.25) is 0 Å². The Bertz CT molecular complexity index is 580. The Morgan fingerprint density at radius 2 is 1.41 bits per heavy atom. The Labute approximate surface area is 133 Å². The molecule has 3 aliphatic rings. The fraction of sp³-hybridized carbons (Fsp3) is 0.647. The summed E-state index contributed by atoms with van der Waals surface area (Å²) in [6.45, 7) is 4.25. The molecular formula is C17H26O4S. The third-order valence-electron chi connectivity index (χ3n) is 5.15. The van der Waals surface area contributed by atoms with Crippen molar-refractivity contribution < 1.29 is 17.7 Å². The third kappa shape index (κ3) is 3.53. The van der Waals surface area contributed by atoms with Gasteiger partial charge >= 0.3 is 0 Å². The molecule has 1 N–H and O–H groups in total. The first-order valence-corrected chi connectivity index (χ1v) is 9.21. The molecule has 0 heterocycles. The first kappa shape index (κ1) is 17.4. The summed E-state index contributed by atoms with van der Waals surface area (Å²) in [6, 6.07) is 6.90. The summed E-state index contributed by atoms with van der Waals surface area (Å²) in [4.78, 5) is 0.274. The SMILES string of the molecule is CO.Cc1ccc(S(=O)(=O)OC23CCC(C)(CC2)CC3)cc1. The molecule has 0 aliphatic heterocycles. The molecule has 0 radical (unpaired) electrons. The lowest BCUT2D eigenvalue weighted by Crippen LogP contribution is -2.47. The minimum Gasteiger partial charge on any atom is -0.400 e. The van der Waals surface area contributed by atoms with Gasteiger partial charge in [-0.05, 0) is 63.0 Å². The van der Waals surface area contributed by atoms with Gasteiger partial charge in [0.25, 0.3) is 10.1 Å². The van der Waals surface area contributed by atoms with Gasteiger partial charge in [-0.1, -0.05) is 24.6 Å². The highest BCUT2D eigenvalue weighted by atomic mass is 32.2. The molecule has 3 fully saturated rings. The quantitative estimate of drug-likeness (QED) is 0.865. The van der Waals surface area contributed by atoms with Crippen molar-refractivity contribution in [2.45, 2.75) is 62.9 Å². The minimum absolute atomic E-state index is 0.274. The number of aryl methyl sites for hydroxylation is 1. The second-order valence-electron chi connectivity index (χ2n) is 6.84. The molecule has 1 aromatic carbocycles. The van der Waals surface area contributed by atoms with Crippen molar-refractivity contribution in [2.24, 2.45) is 5.41 Å². The molecule has 0 spiro atoms. The van der Waals surface area contributed by atoms with Gasteiger partial charge in [0, 0.05) is 7.11 Å². The smallest absolute Gasteiger partial charge is 0.297 e. The van der Waals surface area contributed by atoms with Crippen molar-refractivity contribution in [3.05, 3.63) is 29.8 Å². The Kier molecular flexibility index (Phi) is 5.00. The van der Waals surface area contributed by atoms with Crippen LogP contribution in [0.1, 0.15) is 51.0 Å². The Balaban J connectivity index is 0.000000847. The summed E-state index contributed by atoms with van der Waals surface area (Å²) in [5.74, 6) is 0. The van der Waals surface area contributed by atoms with E-state index in [4.69, 9.17) is 9.29 Å². The predicted molar refractivity (Wildman–Crippen MR) is 86.1 cm³/mol. The molecule has 22 heavy (non-hydrogen) atoms. The number of hydrogen-bond donors (Lipinski definition) is 1. The largest absolute Gasteiger partial charge is 0.400 e.